The van der Waals surface area contributed by atoms with Crippen LogP contribution >= 0.6 is 0 Å². The van der Waals surface area contributed by atoms with Crippen LogP contribution in [0.25, 0.3) is 0 Å². The van der Waals surface area contributed by atoms with Gasteiger partial charge in [-0.15, -0.1) is 0 Å². The minimum Gasteiger partial charge on any atom is -0.340 e. The van der Waals surface area contributed by atoms with Gasteiger partial charge in [-0.05, 0) is 26.7 Å². The number of piperazine rings is 1. The van der Waals surface area contributed by atoms with Crippen molar-refractivity contribution in [2.45, 2.75) is 58.7 Å². The summed E-state index contributed by atoms with van der Waals surface area (Å²) in [5, 5.41) is 2.91. The molecular weight excluding hydrogens is 268 g/mol. The molecule has 0 saturated carbocycles. The minimum atomic E-state index is -0.742. The van der Waals surface area contributed by atoms with Crippen LogP contribution < -0.4 is 5.32 Å². The van der Waals surface area contributed by atoms with E-state index in [1.807, 2.05) is 31.5 Å². The molecule has 0 aliphatic carbocycles. The monoisotopic (exact) mass is 292 g/mol. The lowest BCUT2D eigenvalue weighted by Gasteiger charge is -2.44. The molecule has 116 valence electrons. The van der Waals surface area contributed by atoms with E-state index >= 15 is 0 Å². The van der Waals surface area contributed by atoms with Crippen molar-refractivity contribution >= 4 is 11.8 Å². The van der Waals surface area contributed by atoms with E-state index in [-0.39, 0.29) is 11.8 Å². The zero-order valence-electron chi connectivity index (χ0n) is 13.2. The molecule has 21 heavy (non-hydrogen) atoms. The molecule has 2 amide bonds. The van der Waals surface area contributed by atoms with Gasteiger partial charge in [0.05, 0.1) is 0 Å². The first kappa shape index (κ1) is 15.5. The number of imidazole rings is 1. The van der Waals surface area contributed by atoms with Crippen LogP contribution in [0.3, 0.4) is 0 Å². The summed E-state index contributed by atoms with van der Waals surface area (Å²) < 4.78 is 1.99. The highest BCUT2D eigenvalue weighted by molar-refractivity contribution is 5.99. The van der Waals surface area contributed by atoms with Crippen molar-refractivity contribution in [3.63, 3.8) is 0 Å². The van der Waals surface area contributed by atoms with Crippen LogP contribution in [-0.2, 0) is 16.1 Å². The Morgan fingerprint density at radius 2 is 1.95 bits per heavy atom. The van der Waals surface area contributed by atoms with E-state index in [9.17, 15) is 9.59 Å². The van der Waals surface area contributed by atoms with E-state index in [0.29, 0.717) is 25.9 Å². The second-order valence-electron chi connectivity index (χ2n) is 5.62. The summed E-state index contributed by atoms with van der Waals surface area (Å²) in [5.74, 6) is 0.867. The fourth-order valence-corrected chi connectivity index (χ4v) is 2.87. The van der Waals surface area contributed by atoms with Gasteiger partial charge in [-0.1, -0.05) is 13.8 Å². The summed E-state index contributed by atoms with van der Waals surface area (Å²) in [6.45, 7) is 8.76. The van der Waals surface area contributed by atoms with Gasteiger partial charge in [0, 0.05) is 25.5 Å². The van der Waals surface area contributed by atoms with Crippen LogP contribution in [0, 0.1) is 6.92 Å². The molecule has 1 aliphatic heterocycles. The van der Waals surface area contributed by atoms with E-state index in [1.54, 1.807) is 18.0 Å². The first-order valence-electron chi connectivity index (χ1n) is 7.56. The van der Waals surface area contributed by atoms with Gasteiger partial charge in [0.1, 0.15) is 17.4 Å². The third kappa shape index (κ3) is 2.66. The zero-order chi connectivity index (χ0) is 15.6. The molecule has 6 nitrogen and oxygen atoms in total. The van der Waals surface area contributed by atoms with E-state index in [4.69, 9.17) is 0 Å². The molecule has 0 aromatic carbocycles. The van der Waals surface area contributed by atoms with Crippen molar-refractivity contribution in [2.75, 3.05) is 6.54 Å². The molecule has 2 heterocycles. The van der Waals surface area contributed by atoms with Gasteiger partial charge in [0.15, 0.2) is 0 Å². The number of amides is 2. The van der Waals surface area contributed by atoms with Crippen molar-refractivity contribution in [1.82, 2.24) is 19.8 Å². The van der Waals surface area contributed by atoms with Gasteiger partial charge in [-0.25, -0.2) is 4.98 Å². The molecule has 2 rings (SSSR count). The second-order valence-corrected chi connectivity index (χ2v) is 5.62. The van der Waals surface area contributed by atoms with Crippen molar-refractivity contribution < 1.29 is 9.59 Å². The van der Waals surface area contributed by atoms with Crippen LogP contribution in [-0.4, -0.2) is 44.4 Å². The van der Waals surface area contributed by atoms with Gasteiger partial charge in [-0.2, -0.15) is 0 Å². The molecule has 1 unspecified atom stereocenters. The average molecular weight is 292 g/mol. The van der Waals surface area contributed by atoms with Crippen molar-refractivity contribution in [1.29, 1.82) is 0 Å². The highest BCUT2D eigenvalue weighted by Crippen LogP contribution is 2.24. The number of nitrogens with zero attached hydrogens (tertiary/aromatic N) is 3. The van der Waals surface area contributed by atoms with E-state index < -0.39 is 11.6 Å². The molecule has 1 saturated heterocycles. The van der Waals surface area contributed by atoms with E-state index in [0.717, 1.165) is 5.82 Å². The SMILES string of the molecule is CCC1(CC)NC(=O)C(C)N(CCn2ccnc2C)C1=O. The maximum Gasteiger partial charge on any atom is 0.249 e. The van der Waals surface area contributed by atoms with Crippen molar-refractivity contribution in [2.24, 2.45) is 0 Å². The highest BCUT2D eigenvalue weighted by atomic mass is 16.2. The van der Waals surface area contributed by atoms with Gasteiger partial charge in [0.2, 0.25) is 11.8 Å². The lowest BCUT2D eigenvalue weighted by atomic mass is 9.87. The Hall–Kier alpha value is -1.85. The fourth-order valence-electron chi connectivity index (χ4n) is 2.87. The Balaban J connectivity index is 2.17. The van der Waals surface area contributed by atoms with Gasteiger partial charge in [0.25, 0.3) is 0 Å². The Morgan fingerprint density at radius 1 is 1.29 bits per heavy atom. The first-order valence-corrected chi connectivity index (χ1v) is 7.56. The second kappa shape index (κ2) is 5.87. The summed E-state index contributed by atoms with van der Waals surface area (Å²) in [5.41, 5.74) is -0.742. The molecule has 6 heteroatoms. The lowest BCUT2D eigenvalue weighted by Crippen LogP contribution is -2.69. The summed E-state index contributed by atoms with van der Waals surface area (Å²) in [4.78, 5) is 30.9. The quantitative estimate of drug-likeness (QED) is 0.883. The number of carbonyl (C=O) groups is 2. The Labute approximate surface area is 125 Å². The maximum absolute atomic E-state index is 12.8. The molecule has 1 fully saturated rings. The Morgan fingerprint density at radius 3 is 2.48 bits per heavy atom. The molecule has 1 atom stereocenters. The fraction of sp³-hybridized carbons (Fsp3) is 0.667. The smallest absolute Gasteiger partial charge is 0.249 e. The maximum atomic E-state index is 12.8. The van der Waals surface area contributed by atoms with Gasteiger partial charge >= 0.3 is 0 Å². The van der Waals surface area contributed by atoms with Gasteiger partial charge < -0.3 is 14.8 Å². The first-order chi connectivity index (χ1) is 9.95. The minimum absolute atomic E-state index is 0.0253. The average Bonchev–Trinajstić information content (AvgIpc) is 2.88. The predicted molar refractivity (Wildman–Crippen MR) is 79.6 cm³/mol. The summed E-state index contributed by atoms with van der Waals surface area (Å²) >= 11 is 0. The zero-order valence-corrected chi connectivity index (χ0v) is 13.2. The summed E-state index contributed by atoms with van der Waals surface area (Å²) in [7, 11) is 0. The number of carbonyl (C=O) groups excluding carboxylic acids is 2. The lowest BCUT2D eigenvalue weighted by molar-refractivity contribution is -0.155. The summed E-state index contributed by atoms with van der Waals surface area (Å²) in [6, 6.07) is -0.424. The van der Waals surface area contributed by atoms with E-state index in [1.165, 1.54) is 0 Å². The van der Waals surface area contributed by atoms with Crippen LogP contribution in [0.5, 0.6) is 0 Å². The van der Waals surface area contributed by atoms with Crippen LogP contribution in [0.2, 0.25) is 0 Å². The van der Waals surface area contributed by atoms with E-state index in [2.05, 4.69) is 10.3 Å². The number of aromatic nitrogens is 2. The Bertz CT molecular complexity index is 534. The third-order valence-corrected chi connectivity index (χ3v) is 4.59. The molecular formula is C15H24N4O2. The highest BCUT2D eigenvalue weighted by Gasteiger charge is 2.47. The standard InChI is InChI=1S/C15H24N4O2/c1-5-15(6-2)14(21)19(11(3)13(20)17-15)10-9-18-8-7-16-12(18)4/h7-8,11H,5-6,9-10H2,1-4H3,(H,17,20). The van der Waals surface area contributed by atoms with Crippen LogP contribution in [0.4, 0.5) is 0 Å². The molecule has 0 spiro atoms. The topological polar surface area (TPSA) is 67.2 Å². The van der Waals surface area contributed by atoms with Gasteiger partial charge in [-0.3, -0.25) is 9.59 Å². The number of aryl methyl sites for hydroxylation is 1. The number of hydrogen-bond acceptors (Lipinski definition) is 3. The normalized spacial score (nSPS) is 21.5. The third-order valence-electron chi connectivity index (χ3n) is 4.59. The number of nitrogens with one attached hydrogen (secondary N) is 1. The molecule has 0 bridgehead atoms. The number of rotatable bonds is 5. The van der Waals surface area contributed by atoms with Crippen molar-refractivity contribution in [3.05, 3.63) is 18.2 Å². The number of hydrogen-bond donors (Lipinski definition) is 1. The molecule has 1 N–H and O–H groups in total. The van der Waals surface area contributed by atoms with Crippen molar-refractivity contribution in [3.8, 4) is 0 Å². The molecule has 0 radical (unpaired) electrons. The van der Waals surface area contributed by atoms with Crippen LogP contribution in [0.1, 0.15) is 39.4 Å². The predicted octanol–water partition coefficient (Wildman–Crippen LogP) is 1.10. The summed E-state index contributed by atoms with van der Waals surface area (Å²) in [6.07, 6.45) is 4.86. The molecule has 1 aromatic rings. The largest absolute Gasteiger partial charge is 0.340 e. The Kier molecular flexibility index (Phi) is 4.34. The van der Waals surface area contributed by atoms with Crippen LogP contribution in [0.15, 0.2) is 12.4 Å². The molecule has 1 aliphatic rings. The molecule has 1 aromatic heterocycles.